The molecule has 16 aliphatic rings. The first-order valence-electron chi connectivity index (χ1n) is 35.5. The molecule has 7 spiro atoms. The van der Waals surface area contributed by atoms with E-state index < -0.39 is 17.3 Å². The van der Waals surface area contributed by atoms with Crippen LogP contribution in [0.2, 0.25) is 0 Å². The Morgan fingerprint density at radius 2 is 1.64 bits per heavy atom. The van der Waals surface area contributed by atoms with Crippen LogP contribution in [0.1, 0.15) is 240 Å². The molecular weight excluding hydrogens is 1130 g/mol. The van der Waals surface area contributed by atoms with Gasteiger partial charge >= 0.3 is 5.97 Å². The number of nitrogens with one attached hydrogen (secondary N) is 1. The molecule has 10 bridgehead atoms. The third kappa shape index (κ3) is 9.72. The summed E-state index contributed by atoms with van der Waals surface area (Å²) in [5.74, 6) is 4.83. The van der Waals surface area contributed by atoms with Gasteiger partial charge in [-0.3, -0.25) is 19.6 Å². The summed E-state index contributed by atoms with van der Waals surface area (Å²) < 4.78 is 14.0. The molecule has 10 aliphatic carbocycles. The van der Waals surface area contributed by atoms with Crippen molar-refractivity contribution < 1.29 is 29.3 Å². The molecule has 2 aromatic rings. The number of carbonyl (C=O) groups excluding carboxylic acids is 2. The number of fused-ring (bicyclic) bond motifs is 2. The molecule has 0 unspecified atom stereocenters. The lowest BCUT2D eigenvalue weighted by molar-refractivity contribution is -0.173. The van der Waals surface area contributed by atoms with Gasteiger partial charge in [0.2, 0.25) is 5.91 Å². The number of guanidine groups is 2. The molecule has 0 aromatic heterocycles. The number of ether oxygens (including phenoxy) is 2. The number of allylic oxidation sites excluding steroid dienone is 1. The second-order valence-corrected chi connectivity index (χ2v) is 34.5. The maximum Gasteiger partial charge on any atom is 0.303 e. The maximum atomic E-state index is 15.1. The average molecular weight is 1240 g/mol. The SMILES string of the molecule is CC(=O)O[C@@]12CCc3cc(c(O)c4c3[C@H]3C=C[C@@]5(CCC[C@@H]5C3)O4)CN3C[C@@]4(CC3=O)[C@@H](CC[C@H]4c3ccccc3)CN=C(N)N[C@]3(CCCC34CCCC4)SSC[C@@H]3CC[C@@H](C[C@@]34CCC3(CCCC3)[C@@]43CC[C@@H](CCN=C(N)N)C3)[C@H](CC1)[C@H](O)C2. The third-order valence-corrected chi connectivity index (χ3v) is 31.6. The molecule has 0 radical (unpaired) electrons. The van der Waals surface area contributed by atoms with Gasteiger partial charge in [0.1, 0.15) is 16.1 Å². The van der Waals surface area contributed by atoms with Gasteiger partial charge in [0, 0.05) is 85.5 Å². The Balaban J connectivity index is 0.828. The number of nitrogens with two attached hydrogens (primary N) is 3. The van der Waals surface area contributed by atoms with Crippen LogP contribution in [-0.4, -0.2) is 86.5 Å². The van der Waals surface area contributed by atoms with E-state index in [0.717, 1.165) is 81.1 Å². The summed E-state index contributed by atoms with van der Waals surface area (Å²) in [6.45, 7) is 3.64. The molecule has 9 saturated carbocycles. The van der Waals surface area contributed by atoms with E-state index in [1.165, 1.54) is 115 Å². The molecule has 1 amide bonds. The minimum atomic E-state index is -0.847. The highest BCUT2D eigenvalue weighted by atomic mass is 33.1. The fourth-order valence-electron chi connectivity index (χ4n) is 24.5. The Hall–Kier alpha value is -4.08. The zero-order chi connectivity index (χ0) is 60.3. The summed E-state index contributed by atoms with van der Waals surface area (Å²) in [6, 6.07) is 13.1. The maximum absolute atomic E-state index is 15.1. The number of phenolic OH excluding ortho intramolecular Hbond substituents is 1. The van der Waals surface area contributed by atoms with Crippen LogP contribution in [-0.2, 0) is 27.3 Å². The first-order valence-corrected chi connectivity index (χ1v) is 37.8. The van der Waals surface area contributed by atoms with E-state index in [-0.39, 0.29) is 80.3 Å². The summed E-state index contributed by atoms with van der Waals surface area (Å²) in [4.78, 5) is 40.5. The highest BCUT2D eigenvalue weighted by molar-refractivity contribution is 8.77. The normalized spacial score (nSPS) is 41.4. The molecule has 13 nitrogen and oxygen atoms in total. The Kier molecular flexibility index (Phi) is 15.7. The van der Waals surface area contributed by atoms with Crippen LogP contribution >= 0.6 is 21.6 Å². The quantitative estimate of drug-likeness (QED) is 0.0543. The minimum absolute atomic E-state index is 0.0717. The number of aryl methyl sites for hydroxylation is 1. The van der Waals surface area contributed by atoms with Gasteiger partial charge in [-0.15, -0.1) is 0 Å². The van der Waals surface area contributed by atoms with E-state index in [2.05, 4.69) is 80.4 Å². The zero-order valence-electron chi connectivity index (χ0n) is 52.9. The fraction of sp³-hybridized carbons (Fsp3) is 0.753. The number of rotatable bonds is 5. The van der Waals surface area contributed by atoms with Gasteiger partial charge in [0.15, 0.2) is 23.4 Å². The highest BCUT2D eigenvalue weighted by Crippen LogP contribution is 2.80. The van der Waals surface area contributed by atoms with Crippen molar-refractivity contribution in [3.05, 3.63) is 70.8 Å². The number of hydrogen-bond donors (Lipinski definition) is 6. The molecule has 1 saturated heterocycles. The van der Waals surface area contributed by atoms with Crippen molar-refractivity contribution in [1.82, 2.24) is 10.2 Å². The van der Waals surface area contributed by atoms with E-state index in [9.17, 15) is 15.0 Å². The number of aliphatic hydroxyl groups excluding tert-OH is 1. The van der Waals surface area contributed by atoms with Gasteiger partial charge in [-0.05, 0) is 242 Å². The number of carbonyl (C=O) groups is 2. The van der Waals surface area contributed by atoms with E-state index in [0.29, 0.717) is 98.1 Å². The monoisotopic (exact) mass is 1240 g/mol. The first-order chi connectivity index (χ1) is 42.5. The number of hydrogen-bond acceptors (Lipinski definition) is 12. The predicted molar refractivity (Wildman–Crippen MR) is 351 cm³/mol. The van der Waals surface area contributed by atoms with Gasteiger partial charge in [0.05, 0.1) is 6.10 Å². The van der Waals surface area contributed by atoms with Gasteiger partial charge < -0.3 is 47.1 Å². The van der Waals surface area contributed by atoms with E-state index in [4.69, 9.17) is 31.7 Å². The van der Waals surface area contributed by atoms with E-state index in [1.807, 2.05) is 4.90 Å². The van der Waals surface area contributed by atoms with Crippen LogP contribution in [0.15, 0.2) is 58.5 Å². The van der Waals surface area contributed by atoms with Crippen molar-refractivity contribution in [2.75, 3.05) is 25.4 Å². The lowest BCUT2D eigenvalue weighted by Gasteiger charge is -2.60. The molecule has 15 atom stereocenters. The van der Waals surface area contributed by atoms with Gasteiger partial charge in [0.25, 0.3) is 0 Å². The molecular formula is C73H103N7O6S2. The standard InChI is InChI=1S/C73H103N7O6S2/c1-47(81)85-68-30-19-50-37-53(62(84)63-61(50)51-20-32-71(86-63)28-9-13-54(71)38-51)44-80-46-69(42-60(80)83)55(16-17-58(69)49-11-3-2-4-12-49)43-78-65(76)79-73(29-10-27-67(73)25-7-8-26-67)88-87-45-56-15-14-52(57(21-31-68)59(82)41-68)40-70(56)35-34-66(23-5-6-24-66)72(70)33-18-48(39-72)22-36-77-64(74)75/h2-4,11-12,20,32,37,48,51-52,54-59,82,84H,5-10,13-19,21-31,33-36,38-46H2,1H3,(H4,74,75,77)(H3,76,78,79)/t48-,51-,52-,54+,55-,56-,57-,58-,59+,68-,69-,70-,71+,72-,73+/m0/s1. The summed E-state index contributed by atoms with van der Waals surface area (Å²) in [6.07, 6.45) is 38.3. The Bertz CT molecular complexity index is 3080. The highest BCUT2D eigenvalue weighted by Gasteiger charge is 2.72. The molecule has 10 fully saturated rings. The predicted octanol–water partition coefficient (Wildman–Crippen LogP) is 13.6. The second-order valence-electron chi connectivity index (χ2n) is 31.8. The van der Waals surface area contributed by atoms with Crippen molar-refractivity contribution in [1.29, 1.82) is 0 Å². The van der Waals surface area contributed by atoms with Crippen LogP contribution in [0.25, 0.3) is 0 Å². The van der Waals surface area contributed by atoms with Crippen molar-refractivity contribution in [3.8, 4) is 11.5 Å². The molecule has 88 heavy (non-hydrogen) atoms. The van der Waals surface area contributed by atoms with Crippen molar-refractivity contribution in [2.24, 2.45) is 89.8 Å². The largest absolute Gasteiger partial charge is 0.504 e. The zero-order valence-corrected chi connectivity index (χ0v) is 54.5. The third-order valence-electron chi connectivity index (χ3n) is 28.3. The van der Waals surface area contributed by atoms with Crippen LogP contribution in [0.5, 0.6) is 11.5 Å². The number of amides is 1. The number of phenols is 1. The van der Waals surface area contributed by atoms with E-state index >= 15 is 4.79 Å². The lowest BCUT2D eigenvalue weighted by atomic mass is 9.45. The topological polar surface area (TPSA) is 211 Å². The van der Waals surface area contributed by atoms with Crippen LogP contribution < -0.4 is 27.3 Å². The Labute approximate surface area is 532 Å². The number of benzene rings is 2. The number of nitrogens with zero attached hydrogens (tertiary/aromatic N) is 3. The summed E-state index contributed by atoms with van der Waals surface area (Å²) in [7, 11) is 4.30. The number of aliphatic hydroxyl groups is 1. The van der Waals surface area contributed by atoms with Crippen molar-refractivity contribution in [2.45, 2.75) is 253 Å². The number of esters is 1. The molecule has 6 aliphatic heterocycles. The van der Waals surface area contributed by atoms with Crippen LogP contribution in [0.4, 0.5) is 0 Å². The molecule has 15 heteroatoms. The molecule has 18 rings (SSSR count). The average Bonchev–Trinajstić information content (AvgIpc) is 1.52. The Morgan fingerprint density at radius 1 is 0.841 bits per heavy atom. The fourth-order valence-corrected chi connectivity index (χ4v) is 28.5. The van der Waals surface area contributed by atoms with Crippen molar-refractivity contribution >= 4 is 45.4 Å². The number of aliphatic imine (C=N–C) groups is 2. The minimum Gasteiger partial charge on any atom is -0.504 e. The molecule has 2 aromatic carbocycles. The number of aromatic hydroxyl groups is 1. The van der Waals surface area contributed by atoms with E-state index in [1.54, 1.807) is 6.92 Å². The Morgan fingerprint density at radius 3 is 2.43 bits per heavy atom. The van der Waals surface area contributed by atoms with Crippen molar-refractivity contribution in [3.63, 3.8) is 0 Å². The molecule has 478 valence electrons. The van der Waals surface area contributed by atoms with Gasteiger partial charge in [-0.25, -0.2) is 0 Å². The smallest absolute Gasteiger partial charge is 0.303 e. The van der Waals surface area contributed by atoms with Crippen LogP contribution in [0, 0.1) is 62.6 Å². The van der Waals surface area contributed by atoms with Crippen LogP contribution in [0.3, 0.4) is 0 Å². The summed E-state index contributed by atoms with van der Waals surface area (Å²) in [5, 5.41) is 30.1. The lowest BCUT2D eigenvalue weighted by Crippen LogP contribution is -2.56. The second kappa shape index (κ2) is 22.9. The molecule has 9 N–H and O–H groups in total. The summed E-state index contributed by atoms with van der Waals surface area (Å²) >= 11 is 0. The summed E-state index contributed by atoms with van der Waals surface area (Å²) in [5.41, 5.74) is 22.7. The first kappa shape index (κ1) is 60.2. The molecule has 6 heterocycles. The van der Waals surface area contributed by atoms with Gasteiger partial charge in [-0.2, -0.15) is 0 Å². The van der Waals surface area contributed by atoms with Gasteiger partial charge in [-0.1, -0.05) is 83.7 Å².